The largest absolute Gasteiger partial charge is 0.457 e. The van der Waals surface area contributed by atoms with Gasteiger partial charge in [-0.05, 0) is 49.4 Å². The number of halogens is 2. The van der Waals surface area contributed by atoms with Gasteiger partial charge in [-0.3, -0.25) is 14.3 Å². The minimum Gasteiger partial charge on any atom is -0.457 e. The molecule has 0 saturated carbocycles. The summed E-state index contributed by atoms with van der Waals surface area (Å²) in [4.78, 5) is 25.9. The van der Waals surface area contributed by atoms with Crippen LogP contribution in [0.3, 0.4) is 0 Å². The molecule has 9 heteroatoms. The molecule has 0 aliphatic rings. The number of benzene rings is 2. The van der Waals surface area contributed by atoms with Crippen molar-refractivity contribution < 1.29 is 9.21 Å². The Hall–Kier alpha value is -3.99. The normalized spacial score (nSPS) is 11.3. The SMILES string of the molecule is Cc1c(NC(=O)/C(C#N)=C/c2ccc(-c3ccc(Cl)cc3Cl)o2)c(=O)n(-c2ccccc2)n1C. The van der Waals surface area contributed by atoms with Crippen molar-refractivity contribution in [2.75, 3.05) is 5.32 Å². The third-order valence-corrected chi connectivity index (χ3v) is 5.82. The third kappa shape index (κ3) is 4.42. The fourth-order valence-corrected chi connectivity index (χ4v) is 3.95. The minimum atomic E-state index is -0.726. The topological polar surface area (TPSA) is 93.0 Å². The van der Waals surface area contributed by atoms with E-state index in [9.17, 15) is 14.9 Å². The van der Waals surface area contributed by atoms with E-state index >= 15 is 0 Å². The number of nitrogens with zero attached hydrogens (tertiary/aromatic N) is 3. The molecule has 1 N–H and O–H groups in total. The highest BCUT2D eigenvalue weighted by molar-refractivity contribution is 6.36. The van der Waals surface area contributed by atoms with Crippen LogP contribution in [0.15, 0.2) is 75.4 Å². The molecule has 0 bridgehead atoms. The number of nitrogens with one attached hydrogen (secondary N) is 1. The predicted molar refractivity (Wildman–Crippen MR) is 132 cm³/mol. The number of anilines is 1. The molecule has 0 aliphatic carbocycles. The van der Waals surface area contributed by atoms with E-state index in [4.69, 9.17) is 27.6 Å². The summed E-state index contributed by atoms with van der Waals surface area (Å²) >= 11 is 12.2. The number of hydrogen-bond acceptors (Lipinski definition) is 4. The first-order valence-corrected chi connectivity index (χ1v) is 10.9. The van der Waals surface area contributed by atoms with Crippen LogP contribution in [0, 0.1) is 18.3 Å². The van der Waals surface area contributed by atoms with Gasteiger partial charge in [0.05, 0.1) is 16.4 Å². The van der Waals surface area contributed by atoms with Gasteiger partial charge in [-0.1, -0.05) is 41.4 Å². The molecule has 2 heterocycles. The lowest BCUT2D eigenvalue weighted by Crippen LogP contribution is -2.23. The van der Waals surface area contributed by atoms with E-state index in [2.05, 4.69) is 5.32 Å². The number of para-hydroxylation sites is 1. The second-order valence-corrected chi connectivity index (χ2v) is 8.23. The van der Waals surface area contributed by atoms with E-state index < -0.39 is 11.5 Å². The van der Waals surface area contributed by atoms with E-state index in [-0.39, 0.29) is 17.0 Å². The number of rotatable bonds is 5. The zero-order valence-corrected chi connectivity index (χ0v) is 19.7. The average Bonchev–Trinajstić information content (AvgIpc) is 3.36. The first-order valence-electron chi connectivity index (χ1n) is 10.1. The summed E-state index contributed by atoms with van der Waals surface area (Å²) in [6, 6.07) is 19.2. The summed E-state index contributed by atoms with van der Waals surface area (Å²) in [6.07, 6.45) is 1.30. The molecule has 0 unspecified atom stereocenters. The number of nitriles is 1. The van der Waals surface area contributed by atoms with Gasteiger partial charge in [0.1, 0.15) is 28.9 Å². The molecule has 0 spiro atoms. The van der Waals surface area contributed by atoms with Gasteiger partial charge in [-0.2, -0.15) is 5.26 Å². The fraction of sp³-hybridized carbons (Fsp3) is 0.0800. The smallest absolute Gasteiger partial charge is 0.295 e. The van der Waals surface area contributed by atoms with E-state index in [1.54, 1.807) is 61.1 Å². The van der Waals surface area contributed by atoms with Crippen LogP contribution in [0.2, 0.25) is 10.0 Å². The maximum absolute atomic E-state index is 13.0. The van der Waals surface area contributed by atoms with Crippen LogP contribution in [0.25, 0.3) is 23.1 Å². The van der Waals surface area contributed by atoms with Gasteiger partial charge in [0.25, 0.3) is 11.5 Å². The molecule has 170 valence electrons. The zero-order chi connectivity index (χ0) is 24.4. The zero-order valence-electron chi connectivity index (χ0n) is 18.2. The molecule has 0 saturated heterocycles. The van der Waals surface area contributed by atoms with E-state index in [0.29, 0.717) is 32.8 Å². The van der Waals surface area contributed by atoms with Gasteiger partial charge >= 0.3 is 0 Å². The molecule has 1 amide bonds. The van der Waals surface area contributed by atoms with Crippen LogP contribution in [-0.2, 0) is 11.8 Å². The summed E-state index contributed by atoms with van der Waals surface area (Å²) < 4.78 is 8.82. The van der Waals surface area contributed by atoms with Crippen molar-refractivity contribution in [3.8, 4) is 23.1 Å². The Morgan fingerprint density at radius 3 is 2.53 bits per heavy atom. The molecule has 0 fully saturated rings. The number of amides is 1. The highest BCUT2D eigenvalue weighted by Gasteiger charge is 2.20. The highest BCUT2D eigenvalue weighted by Crippen LogP contribution is 2.32. The molecule has 4 rings (SSSR count). The molecule has 2 aromatic heterocycles. The van der Waals surface area contributed by atoms with Gasteiger partial charge < -0.3 is 9.73 Å². The van der Waals surface area contributed by atoms with Crippen LogP contribution in [0.5, 0.6) is 0 Å². The summed E-state index contributed by atoms with van der Waals surface area (Å²) in [7, 11) is 1.71. The van der Waals surface area contributed by atoms with Crippen LogP contribution in [0.4, 0.5) is 5.69 Å². The van der Waals surface area contributed by atoms with Crippen molar-refractivity contribution in [2.24, 2.45) is 7.05 Å². The van der Waals surface area contributed by atoms with E-state index in [1.165, 1.54) is 10.8 Å². The monoisotopic (exact) mass is 492 g/mol. The Morgan fingerprint density at radius 2 is 1.85 bits per heavy atom. The van der Waals surface area contributed by atoms with Crippen molar-refractivity contribution >= 4 is 40.9 Å². The molecular weight excluding hydrogens is 475 g/mol. The molecule has 7 nitrogen and oxygen atoms in total. The van der Waals surface area contributed by atoms with E-state index in [1.807, 2.05) is 24.3 Å². The molecule has 34 heavy (non-hydrogen) atoms. The summed E-state index contributed by atoms with van der Waals surface area (Å²) in [5.74, 6) is 0.00505. The first kappa shape index (κ1) is 23.2. The Bertz CT molecular complexity index is 1520. The van der Waals surface area contributed by atoms with Crippen LogP contribution < -0.4 is 10.9 Å². The maximum Gasteiger partial charge on any atom is 0.295 e. The number of hydrogen-bond donors (Lipinski definition) is 1. The highest BCUT2D eigenvalue weighted by atomic mass is 35.5. The number of carbonyl (C=O) groups excluding carboxylic acids is 1. The van der Waals surface area contributed by atoms with Gasteiger partial charge in [-0.25, -0.2) is 4.68 Å². The minimum absolute atomic E-state index is 0.0885. The fourth-order valence-electron chi connectivity index (χ4n) is 3.45. The number of furan rings is 1. The first-order chi connectivity index (χ1) is 16.3. The van der Waals surface area contributed by atoms with Gasteiger partial charge in [0.2, 0.25) is 0 Å². The molecular formula is C25H18Cl2N4O3. The summed E-state index contributed by atoms with van der Waals surface area (Å²) in [5, 5.41) is 13.0. The average molecular weight is 493 g/mol. The molecule has 4 aromatic rings. The Labute approximate surface area is 205 Å². The van der Waals surface area contributed by atoms with Crippen LogP contribution in [-0.4, -0.2) is 15.3 Å². The number of aromatic nitrogens is 2. The second kappa shape index (κ2) is 9.48. The standard InChI is InChI=1S/C25H18Cl2N4O3/c1-15-23(25(33)31(30(15)2)18-6-4-3-5-7-18)29-24(32)16(14-28)12-19-9-11-22(34-19)20-10-8-17(26)13-21(20)27/h3-13H,1-2H3,(H,29,32)/b16-12+. The quantitative estimate of drug-likeness (QED) is 0.290. The molecule has 0 aliphatic heterocycles. The predicted octanol–water partition coefficient (Wildman–Crippen LogP) is 5.60. The summed E-state index contributed by atoms with van der Waals surface area (Å²) in [6.45, 7) is 1.71. The van der Waals surface area contributed by atoms with Crippen LogP contribution in [0.1, 0.15) is 11.5 Å². The van der Waals surface area contributed by atoms with Crippen molar-refractivity contribution in [3.63, 3.8) is 0 Å². The third-order valence-electron chi connectivity index (χ3n) is 5.27. The van der Waals surface area contributed by atoms with Gasteiger partial charge in [-0.15, -0.1) is 0 Å². The molecule has 0 atom stereocenters. The van der Waals surface area contributed by atoms with E-state index in [0.717, 1.165) is 0 Å². The number of carbonyl (C=O) groups is 1. The lowest BCUT2D eigenvalue weighted by molar-refractivity contribution is -0.112. The molecule has 2 aromatic carbocycles. The Balaban J connectivity index is 1.62. The van der Waals surface area contributed by atoms with Crippen molar-refractivity contribution in [2.45, 2.75) is 6.92 Å². The van der Waals surface area contributed by atoms with Gasteiger partial charge in [0, 0.05) is 23.7 Å². The molecule has 0 radical (unpaired) electrons. The lowest BCUT2D eigenvalue weighted by atomic mass is 10.2. The second-order valence-electron chi connectivity index (χ2n) is 7.39. The van der Waals surface area contributed by atoms with Gasteiger partial charge in [0.15, 0.2) is 0 Å². The Morgan fingerprint density at radius 1 is 1.12 bits per heavy atom. The van der Waals surface area contributed by atoms with Crippen molar-refractivity contribution in [1.29, 1.82) is 5.26 Å². The summed E-state index contributed by atoms with van der Waals surface area (Å²) in [5.41, 5.74) is 1.27. The van der Waals surface area contributed by atoms with Crippen molar-refractivity contribution in [1.82, 2.24) is 9.36 Å². The Kier molecular flexibility index (Phi) is 6.46. The maximum atomic E-state index is 13.0. The van der Waals surface area contributed by atoms with Crippen molar-refractivity contribution in [3.05, 3.63) is 98.1 Å². The van der Waals surface area contributed by atoms with Crippen LogP contribution >= 0.6 is 23.2 Å². The lowest BCUT2D eigenvalue weighted by Gasteiger charge is -2.07.